The molecule has 2 aliphatic rings. The molecule has 0 spiro atoms. The molecule has 2 aliphatic carbocycles. The van der Waals surface area contributed by atoms with Crippen LogP contribution in [0, 0.1) is 13.8 Å². The highest BCUT2D eigenvalue weighted by Gasteiger charge is 2.25. The number of hydrogen-bond donors (Lipinski definition) is 2. The van der Waals surface area contributed by atoms with Crippen LogP contribution in [-0.4, -0.2) is 25.9 Å². The van der Waals surface area contributed by atoms with Crippen molar-refractivity contribution in [2.45, 2.75) is 52.0 Å². The molecule has 0 atom stereocenters. The molecule has 0 saturated heterocycles. The summed E-state index contributed by atoms with van der Waals surface area (Å²) in [6.07, 6.45) is 4.49. The summed E-state index contributed by atoms with van der Waals surface area (Å²) in [6.45, 7) is 4.60. The minimum atomic E-state index is -0.0370. The van der Waals surface area contributed by atoms with E-state index in [2.05, 4.69) is 72.1 Å². The first kappa shape index (κ1) is 23.3. The lowest BCUT2D eigenvalue weighted by Crippen LogP contribution is -2.25. The lowest BCUT2D eigenvalue weighted by molar-refractivity contribution is 0.0950. The van der Waals surface area contributed by atoms with E-state index in [4.69, 9.17) is 4.84 Å². The van der Waals surface area contributed by atoms with Crippen molar-refractivity contribution >= 4 is 11.7 Å². The summed E-state index contributed by atoms with van der Waals surface area (Å²) in [5.74, 6) is 1.40. The molecule has 0 radical (unpaired) electrons. The Bertz CT molecular complexity index is 1300. The van der Waals surface area contributed by atoms with E-state index < -0.39 is 0 Å². The van der Waals surface area contributed by atoms with Crippen molar-refractivity contribution in [3.05, 3.63) is 104 Å². The van der Waals surface area contributed by atoms with Gasteiger partial charge in [0.25, 0.3) is 5.91 Å². The number of benzene rings is 3. The first-order valence-electron chi connectivity index (χ1n) is 12.3. The summed E-state index contributed by atoms with van der Waals surface area (Å²) in [5, 5.41) is 3.13. The van der Waals surface area contributed by atoms with E-state index in [1.807, 2.05) is 6.07 Å². The Morgan fingerprint density at radius 3 is 2.23 bits per heavy atom. The minimum absolute atomic E-state index is 0.0370. The SMILES string of the molecule is CN=C(NOC)c1cc(C)c(CNC(=O)c2ccc3c(c2)Cc2cc(C4CC4)ccc2C3)c(C)c1. The van der Waals surface area contributed by atoms with Crippen molar-refractivity contribution in [1.29, 1.82) is 0 Å². The van der Waals surface area contributed by atoms with Gasteiger partial charge in [-0.2, -0.15) is 0 Å². The quantitative estimate of drug-likeness (QED) is 0.235. The molecule has 3 aromatic carbocycles. The molecule has 0 aliphatic heterocycles. The number of rotatable bonds is 6. The number of hydroxylamine groups is 1. The summed E-state index contributed by atoms with van der Waals surface area (Å²) >= 11 is 0. The Kier molecular flexibility index (Phi) is 6.44. The maximum atomic E-state index is 13.1. The molecule has 5 nitrogen and oxygen atoms in total. The third kappa shape index (κ3) is 4.87. The van der Waals surface area contributed by atoms with E-state index in [1.165, 1.54) is 40.7 Å². The van der Waals surface area contributed by atoms with Gasteiger partial charge in [-0.05, 0) is 114 Å². The highest BCUT2D eigenvalue weighted by atomic mass is 16.6. The molecule has 2 N–H and O–H groups in total. The first-order valence-corrected chi connectivity index (χ1v) is 12.3. The monoisotopic (exact) mass is 467 g/mol. The van der Waals surface area contributed by atoms with Crippen LogP contribution in [0.15, 0.2) is 53.5 Å². The van der Waals surface area contributed by atoms with Crippen LogP contribution in [0.5, 0.6) is 0 Å². The van der Waals surface area contributed by atoms with Gasteiger partial charge in [0.1, 0.15) is 0 Å². The Morgan fingerprint density at radius 2 is 1.57 bits per heavy atom. The van der Waals surface area contributed by atoms with Crippen LogP contribution >= 0.6 is 0 Å². The topological polar surface area (TPSA) is 62.7 Å². The van der Waals surface area contributed by atoms with Gasteiger partial charge < -0.3 is 5.32 Å². The van der Waals surface area contributed by atoms with E-state index in [-0.39, 0.29) is 5.91 Å². The number of carbonyl (C=O) groups excluding carboxylic acids is 1. The Morgan fingerprint density at radius 1 is 0.914 bits per heavy atom. The number of nitrogens with one attached hydrogen (secondary N) is 2. The average molecular weight is 468 g/mol. The number of carbonyl (C=O) groups is 1. The summed E-state index contributed by atoms with van der Waals surface area (Å²) < 4.78 is 0. The van der Waals surface area contributed by atoms with E-state index in [9.17, 15) is 4.79 Å². The second-order valence-electron chi connectivity index (χ2n) is 9.79. The fraction of sp³-hybridized carbons (Fsp3) is 0.333. The van der Waals surface area contributed by atoms with Crippen LogP contribution in [-0.2, 0) is 24.2 Å². The summed E-state index contributed by atoms with van der Waals surface area (Å²) in [7, 11) is 3.29. The lowest BCUT2D eigenvalue weighted by atomic mass is 9.84. The molecule has 0 heterocycles. The largest absolute Gasteiger partial charge is 0.348 e. The molecule has 3 aromatic rings. The third-order valence-electron chi connectivity index (χ3n) is 7.33. The Balaban J connectivity index is 1.29. The second-order valence-corrected chi connectivity index (χ2v) is 9.79. The number of amides is 1. The zero-order valence-electron chi connectivity index (χ0n) is 21.0. The number of fused-ring (bicyclic) bond motifs is 2. The van der Waals surface area contributed by atoms with Crippen molar-refractivity contribution in [3.63, 3.8) is 0 Å². The molecule has 0 unspecified atom stereocenters. The van der Waals surface area contributed by atoms with Gasteiger partial charge in [-0.15, -0.1) is 0 Å². The molecular weight excluding hydrogens is 434 g/mol. The molecule has 5 heteroatoms. The maximum absolute atomic E-state index is 13.1. The first-order chi connectivity index (χ1) is 17.0. The summed E-state index contributed by atoms with van der Waals surface area (Å²) in [5.41, 5.74) is 14.7. The van der Waals surface area contributed by atoms with Gasteiger partial charge in [0.05, 0.1) is 7.11 Å². The van der Waals surface area contributed by atoms with E-state index in [0.717, 1.165) is 46.6 Å². The van der Waals surface area contributed by atoms with E-state index in [1.54, 1.807) is 14.2 Å². The highest BCUT2D eigenvalue weighted by Crippen LogP contribution is 2.41. The van der Waals surface area contributed by atoms with Crippen LogP contribution in [0.2, 0.25) is 0 Å². The van der Waals surface area contributed by atoms with Gasteiger partial charge in [0, 0.05) is 24.7 Å². The zero-order chi connectivity index (χ0) is 24.5. The van der Waals surface area contributed by atoms with Gasteiger partial charge in [0.2, 0.25) is 0 Å². The second kappa shape index (κ2) is 9.67. The average Bonchev–Trinajstić information content (AvgIpc) is 3.70. The molecule has 1 saturated carbocycles. The van der Waals surface area contributed by atoms with Gasteiger partial charge >= 0.3 is 0 Å². The molecule has 0 aromatic heterocycles. The molecule has 180 valence electrons. The fourth-order valence-corrected chi connectivity index (χ4v) is 5.18. The van der Waals surface area contributed by atoms with Crippen LogP contribution in [0.1, 0.15) is 79.2 Å². The molecule has 5 rings (SSSR count). The van der Waals surface area contributed by atoms with Crippen LogP contribution in [0.3, 0.4) is 0 Å². The van der Waals surface area contributed by atoms with Crippen molar-refractivity contribution in [2.75, 3.05) is 14.2 Å². The van der Waals surface area contributed by atoms with Gasteiger partial charge in [-0.3, -0.25) is 14.6 Å². The molecule has 1 fully saturated rings. The van der Waals surface area contributed by atoms with Gasteiger partial charge in [-0.1, -0.05) is 24.3 Å². The molecular formula is C30H33N3O2. The normalized spacial score (nSPS) is 14.8. The van der Waals surface area contributed by atoms with Crippen LogP contribution in [0.25, 0.3) is 0 Å². The van der Waals surface area contributed by atoms with Crippen LogP contribution in [0.4, 0.5) is 0 Å². The van der Waals surface area contributed by atoms with Crippen molar-refractivity contribution < 1.29 is 9.63 Å². The van der Waals surface area contributed by atoms with Gasteiger partial charge in [0.15, 0.2) is 5.84 Å². The minimum Gasteiger partial charge on any atom is -0.348 e. The molecule has 1 amide bonds. The predicted octanol–water partition coefficient (Wildman–Crippen LogP) is 5.13. The van der Waals surface area contributed by atoms with Crippen molar-refractivity contribution in [1.82, 2.24) is 10.8 Å². The number of nitrogens with zero attached hydrogens (tertiary/aromatic N) is 1. The number of hydrogen-bond acceptors (Lipinski definition) is 3. The van der Waals surface area contributed by atoms with E-state index >= 15 is 0 Å². The molecule has 0 bridgehead atoms. The van der Waals surface area contributed by atoms with E-state index in [0.29, 0.717) is 12.4 Å². The summed E-state index contributed by atoms with van der Waals surface area (Å²) in [4.78, 5) is 22.4. The Labute approximate surface area is 207 Å². The predicted molar refractivity (Wildman–Crippen MR) is 140 cm³/mol. The maximum Gasteiger partial charge on any atom is 0.251 e. The zero-order valence-corrected chi connectivity index (χ0v) is 21.0. The Hall–Kier alpha value is -3.44. The smallest absolute Gasteiger partial charge is 0.251 e. The van der Waals surface area contributed by atoms with Gasteiger partial charge in [-0.25, -0.2) is 5.48 Å². The number of aryl methyl sites for hydroxylation is 2. The van der Waals surface area contributed by atoms with Crippen molar-refractivity contribution in [2.24, 2.45) is 4.99 Å². The summed E-state index contributed by atoms with van der Waals surface area (Å²) in [6, 6.07) is 17.3. The van der Waals surface area contributed by atoms with Crippen molar-refractivity contribution in [3.8, 4) is 0 Å². The third-order valence-corrected chi connectivity index (χ3v) is 7.33. The number of amidine groups is 1. The number of aliphatic imine (C=N–C) groups is 1. The standard InChI is InChI=1S/C30H33N3O2/c1-18-11-27(29(31-3)33-35-4)12-19(2)28(18)17-32-30(34)24-10-9-23-13-22-8-7-21(20-5-6-20)14-25(22)16-26(23)15-24/h7-12,14-15,20H,5-6,13,16-17H2,1-4H3,(H,31,33)(H,32,34). The lowest BCUT2D eigenvalue weighted by Gasteiger charge is -2.21. The molecule has 35 heavy (non-hydrogen) atoms. The van der Waals surface area contributed by atoms with Crippen LogP contribution < -0.4 is 10.8 Å². The highest BCUT2D eigenvalue weighted by molar-refractivity contribution is 5.98. The fourth-order valence-electron chi connectivity index (χ4n) is 5.18.